The Morgan fingerprint density at radius 3 is 2.16 bits per heavy atom. The SMILES string of the molecule is Br.CN(C)c1cccc2ccc(CBr)c(N(C)C)c12. The maximum absolute atomic E-state index is 3.58. The second-order valence-electron chi connectivity index (χ2n) is 4.87. The van der Waals surface area contributed by atoms with E-state index in [1.165, 1.54) is 27.7 Å². The summed E-state index contributed by atoms with van der Waals surface area (Å²) in [6.07, 6.45) is 0. The Hall–Kier alpha value is -0.740. The molecule has 0 radical (unpaired) electrons. The van der Waals surface area contributed by atoms with Crippen LogP contribution in [0, 0.1) is 0 Å². The van der Waals surface area contributed by atoms with Crippen molar-refractivity contribution in [2.45, 2.75) is 5.33 Å². The fraction of sp³-hybridized carbons (Fsp3) is 0.333. The van der Waals surface area contributed by atoms with E-state index in [-0.39, 0.29) is 17.0 Å². The van der Waals surface area contributed by atoms with Crippen LogP contribution >= 0.6 is 32.9 Å². The highest BCUT2D eigenvalue weighted by Crippen LogP contribution is 2.37. The zero-order chi connectivity index (χ0) is 13.3. The normalized spacial score (nSPS) is 10.2. The van der Waals surface area contributed by atoms with Crippen LogP contribution < -0.4 is 9.80 Å². The van der Waals surface area contributed by atoms with Gasteiger partial charge in [-0.1, -0.05) is 40.2 Å². The van der Waals surface area contributed by atoms with Crippen LogP contribution in [0.5, 0.6) is 0 Å². The number of halogens is 2. The van der Waals surface area contributed by atoms with Gasteiger partial charge in [0, 0.05) is 44.6 Å². The molecule has 0 heterocycles. The largest absolute Gasteiger partial charge is 0.377 e. The van der Waals surface area contributed by atoms with Crippen LogP contribution in [0.4, 0.5) is 11.4 Å². The Kier molecular flexibility index (Phi) is 5.68. The zero-order valence-electron chi connectivity index (χ0n) is 11.8. The van der Waals surface area contributed by atoms with E-state index in [0.717, 1.165) is 5.33 Å². The quantitative estimate of drug-likeness (QED) is 0.718. The van der Waals surface area contributed by atoms with Gasteiger partial charge >= 0.3 is 0 Å². The highest BCUT2D eigenvalue weighted by molar-refractivity contribution is 9.08. The van der Waals surface area contributed by atoms with Crippen molar-refractivity contribution in [3.63, 3.8) is 0 Å². The molecule has 0 saturated heterocycles. The van der Waals surface area contributed by atoms with E-state index >= 15 is 0 Å². The Balaban J connectivity index is 0.00000180. The number of benzene rings is 2. The summed E-state index contributed by atoms with van der Waals surface area (Å²) in [5.74, 6) is 0. The third-order valence-electron chi connectivity index (χ3n) is 3.15. The number of rotatable bonds is 3. The highest BCUT2D eigenvalue weighted by Gasteiger charge is 2.13. The molecule has 0 aromatic heterocycles. The van der Waals surface area contributed by atoms with Crippen molar-refractivity contribution in [1.82, 2.24) is 0 Å². The topological polar surface area (TPSA) is 6.48 Å². The molecule has 0 fully saturated rings. The number of nitrogens with zero attached hydrogens (tertiary/aromatic N) is 2. The van der Waals surface area contributed by atoms with E-state index in [0.29, 0.717) is 0 Å². The van der Waals surface area contributed by atoms with Gasteiger partial charge in [0.2, 0.25) is 0 Å². The summed E-state index contributed by atoms with van der Waals surface area (Å²) in [6.45, 7) is 0. The smallest absolute Gasteiger partial charge is 0.0502 e. The van der Waals surface area contributed by atoms with E-state index in [9.17, 15) is 0 Å². The predicted molar refractivity (Wildman–Crippen MR) is 95.6 cm³/mol. The maximum Gasteiger partial charge on any atom is 0.0502 e. The van der Waals surface area contributed by atoms with Gasteiger partial charge in [-0.3, -0.25) is 0 Å². The first kappa shape index (κ1) is 16.3. The molecule has 0 aliphatic heterocycles. The summed E-state index contributed by atoms with van der Waals surface area (Å²) in [6, 6.07) is 10.9. The first-order valence-corrected chi connectivity index (χ1v) is 7.13. The van der Waals surface area contributed by atoms with E-state index in [4.69, 9.17) is 0 Å². The average molecular weight is 388 g/mol. The molecule has 19 heavy (non-hydrogen) atoms. The van der Waals surface area contributed by atoms with Crippen LogP contribution in [0.2, 0.25) is 0 Å². The lowest BCUT2D eigenvalue weighted by Crippen LogP contribution is -2.14. The summed E-state index contributed by atoms with van der Waals surface area (Å²) in [5, 5.41) is 3.48. The fourth-order valence-corrected chi connectivity index (χ4v) is 2.83. The van der Waals surface area contributed by atoms with E-state index in [1.807, 2.05) is 0 Å². The van der Waals surface area contributed by atoms with E-state index in [1.54, 1.807) is 0 Å². The second kappa shape index (κ2) is 6.62. The van der Waals surface area contributed by atoms with Crippen molar-refractivity contribution in [3.8, 4) is 0 Å². The monoisotopic (exact) mass is 386 g/mol. The Labute approximate surface area is 134 Å². The molecule has 0 saturated carbocycles. The second-order valence-corrected chi connectivity index (χ2v) is 5.43. The minimum Gasteiger partial charge on any atom is -0.377 e. The zero-order valence-corrected chi connectivity index (χ0v) is 15.1. The third kappa shape index (κ3) is 3.06. The first-order chi connectivity index (χ1) is 8.56. The van der Waals surface area contributed by atoms with Crippen molar-refractivity contribution in [1.29, 1.82) is 0 Å². The standard InChI is InChI=1S/C15H19BrN2.BrH/c1-17(2)13-7-5-6-11-8-9-12(10-16)15(14(11)13)18(3)4;/h5-9H,10H2,1-4H3;1H. The number of hydrogen-bond donors (Lipinski definition) is 0. The Bertz CT molecular complexity index is 565. The molecule has 0 aliphatic carbocycles. The molecule has 2 nitrogen and oxygen atoms in total. The maximum atomic E-state index is 3.58. The average Bonchev–Trinajstić information content (AvgIpc) is 2.35. The molecule has 2 aromatic rings. The van der Waals surface area contributed by atoms with E-state index in [2.05, 4.69) is 84.3 Å². The van der Waals surface area contributed by atoms with Crippen LogP contribution in [0.15, 0.2) is 30.3 Å². The molecule has 0 N–H and O–H groups in total. The third-order valence-corrected chi connectivity index (χ3v) is 3.76. The molecule has 0 spiro atoms. The van der Waals surface area contributed by atoms with Crippen molar-refractivity contribution in [2.24, 2.45) is 0 Å². The lowest BCUT2D eigenvalue weighted by Gasteiger charge is -2.24. The summed E-state index contributed by atoms with van der Waals surface area (Å²) >= 11 is 3.58. The van der Waals surface area contributed by atoms with Crippen LogP contribution in [0.1, 0.15) is 5.56 Å². The molecule has 0 unspecified atom stereocenters. The summed E-state index contributed by atoms with van der Waals surface area (Å²) in [5.41, 5.74) is 3.88. The van der Waals surface area contributed by atoms with Gasteiger partial charge in [-0.15, -0.1) is 17.0 Å². The lowest BCUT2D eigenvalue weighted by molar-refractivity contribution is 1.11. The minimum atomic E-state index is 0. The molecule has 0 atom stereocenters. The number of fused-ring (bicyclic) bond motifs is 1. The molecule has 0 amide bonds. The molecule has 2 rings (SSSR count). The van der Waals surface area contributed by atoms with Crippen molar-refractivity contribution < 1.29 is 0 Å². The van der Waals surface area contributed by atoms with Crippen LogP contribution in [-0.2, 0) is 5.33 Å². The molecule has 0 bridgehead atoms. The van der Waals surface area contributed by atoms with Crippen LogP contribution in [0.3, 0.4) is 0 Å². The number of hydrogen-bond acceptors (Lipinski definition) is 2. The fourth-order valence-electron chi connectivity index (χ4n) is 2.38. The van der Waals surface area contributed by atoms with Gasteiger partial charge in [0.05, 0.1) is 5.69 Å². The molecule has 2 aromatic carbocycles. The van der Waals surface area contributed by atoms with Gasteiger partial charge in [-0.05, 0) is 17.0 Å². The molecule has 0 aliphatic rings. The molecular formula is C15H20Br2N2. The summed E-state index contributed by atoms with van der Waals surface area (Å²) in [7, 11) is 8.39. The van der Waals surface area contributed by atoms with Crippen molar-refractivity contribution >= 4 is 55.1 Å². The van der Waals surface area contributed by atoms with Gasteiger partial charge in [-0.2, -0.15) is 0 Å². The Morgan fingerprint density at radius 2 is 1.63 bits per heavy atom. The summed E-state index contributed by atoms with van der Waals surface area (Å²) < 4.78 is 0. The first-order valence-electron chi connectivity index (χ1n) is 6.01. The highest BCUT2D eigenvalue weighted by atomic mass is 79.9. The van der Waals surface area contributed by atoms with Gasteiger partial charge in [0.25, 0.3) is 0 Å². The van der Waals surface area contributed by atoms with E-state index < -0.39 is 0 Å². The minimum absolute atomic E-state index is 0. The number of alkyl halides is 1. The van der Waals surface area contributed by atoms with Crippen molar-refractivity contribution in [2.75, 3.05) is 38.0 Å². The van der Waals surface area contributed by atoms with Crippen LogP contribution in [0.25, 0.3) is 10.8 Å². The van der Waals surface area contributed by atoms with Gasteiger partial charge in [-0.25, -0.2) is 0 Å². The van der Waals surface area contributed by atoms with Gasteiger partial charge < -0.3 is 9.80 Å². The van der Waals surface area contributed by atoms with Gasteiger partial charge in [0.15, 0.2) is 0 Å². The Morgan fingerprint density at radius 1 is 0.947 bits per heavy atom. The summed E-state index contributed by atoms with van der Waals surface area (Å²) in [4.78, 5) is 4.37. The lowest BCUT2D eigenvalue weighted by atomic mass is 10.0. The number of anilines is 2. The van der Waals surface area contributed by atoms with Crippen molar-refractivity contribution in [3.05, 3.63) is 35.9 Å². The molecular weight excluding hydrogens is 368 g/mol. The van der Waals surface area contributed by atoms with Gasteiger partial charge in [0.1, 0.15) is 0 Å². The molecule has 4 heteroatoms. The predicted octanol–water partition coefficient (Wildman–Crippen LogP) is 4.44. The molecule has 104 valence electrons. The van der Waals surface area contributed by atoms with Crippen LogP contribution in [-0.4, -0.2) is 28.2 Å².